The fourth-order valence-electron chi connectivity index (χ4n) is 1.61. The second-order valence-electron chi connectivity index (χ2n) is 7.99. The van der Waals surface area contributed by atoms with Crippen LogP contribution in [0.5, 0.6) is 0 Å². The standard InChI is InChI=1S/C15H29NO2/c1-13(2,3)10-18-15(7,8)12-16-11(9-17-12)14(4,5)6/h11H,9-10H2,1-8H3/t11-/m1/s1. The Balaban J connectivity index is 2.69. The Labute approximate surface area is 112 Å². The van der Waals surface area contributed by atoms with Gasteiger partial charge in [0.25, 0.3) is 0 Å². The number of ether oxygens (including phenoxy) is 2. The van der Waals surface area contributed by atoms with E-state index in [1.807, 2.05) is 13.8 Å². The monoisotopic (exact) mass is 255 g/mol. The molecule has 1 atom stereocenters. The quantitative estimate of drug-likeness (QED) is 0.770. The summed E-state index contributed by atoms with van der Waals surface area (Å²) >= 11 is 0. The van der Waals surface area contributed by atoms with Crippen molar-refractivity contribution < 1.29 is 9.47 Å². The average molecular weight is 255 g/mol. The highest BCUT2D eigenvalue weighted by Crippen LogP contribution is 2.30. The van der Waals surface area contributed by atoms with Crippen molar-refractivity contribution in [2.45, 2.75) is 67.0 Å². The molecule has 0 aromatic carbocycles. The van der Waals surface area contributed by atoms with E-state index in [1.165, 1.54) is 0 Å². The minimum absolute atomic E-state index is 0.141. The normalized spacial score (nSPS) is 21.8. The summed E-state index contributed by atoms with van der Waals surface area (Å²) in [5.74, 6) is 0.742. The van der Waals surface area contributed by atoms with Crippen LogP contribution in [0.15, 0.2) is 4.99 Å². The molecule has 1 aliphatic heterocycles. The van der Waals surface area contributed by atoms with E-state index in [0.717, 1.165) is 5.90 Å². The lowest BCUT2D eigenvalue weighted by Gasteiger charge is -2.29. The van der Waals surface area contributed by atoms with E-state index in [4.69, 9.17) is 14.5 Å². The number of aliphatic imine (C=N–C) groups is 1. The summed E-state index contributed by atoms with van der Waals surface area (Å²) in [6.45, 7) is 18.5. The van der Waals surface area contributed by atoms with Gasteiger partial charge in [-0.15, -0.1) is 0 Å². The molecule has 1 aliphatic rings. The molecule has 0 aromatic heterocycles. The van der Waals surface area contributed by atoms with Gasteiger partial charge in [-0.1, -0.05) is 41.5 Å². The Morgan fingerprint density at radius 2 is 1.67 bits per heavy atom. The zero-order valence-corrected chi connectivity index (χ0v) is 13.3. The first-order chi connectivity index (χ1) is 7.92. The molecule has 0 radical (unpaired) electrons. The van der Waals surface area contributed by atoms with Gasteiger partial charge in [-0.05, 0) is 24.7 Å². The van der Waals surface area contributed by atoms with Crippen molar-refractivity contribution >= 4 is 5.90 Å². The lowest BCUT2D eigenvalue weighted by Crippen LogP contribution is -2.38. The van der Waals surface area contributed by atoms with Gasteiger partial charge in [0.05, 0.1) is 12.6 Å². The van der Waals surface area contributed by atoms with E-state index < -0.39 is 5.60 Å². The van der Waals surface area contributed by atoms with E-state index in [1.54, 1.807) is 0 Å². The van der Waals surface area contributed by atoms with E-state index in [0.29, 0.717) is 13.2 Å². The SMILES string of the molecule is CC(C)(C)COC(C)(C)C1=N[C@@H](C(C)(C)C)CO1. The third-order valence-electron chi connectivity index (χ3n) is 3.03. The summed E-state index contributed by atoms with van der Waals surface area (Å²) in [6.07, 6.45) is 0. The Hall–Kier alpha value is -0.570. The van der Waals surface area contributed by atoms with Crippen LogP contribution in [0.4, 0.5) is 0 Å². The molecule has 0 aliphatic carbocycles. The van der Waals surface area contributed by atoms with Gasteiger partial charge in [-0.3, -0.25) is 0 Å². The summed E-state index contributed by atoms with van der Waals surface area (Å²) < 4.78 is 11.7. The maximum atomic E-state index is 5.98. The predicted octanol–water partition coefficient (Wildman–Crippen LogP) is 3.67. The van der Waals surface area contributed by atoms with Crippen LogP contribution in [0, 0.1) is 10.8 Å². The molecule has 1 heterocycles. The Bertz CT molecular complexity index is 318. The van der Waals surface area contributed by atoms with Crippen LogP contribution < -0.4 is 0 Å². The molecule has 0 N–H and O–H groups in total. The first-order valence-electron chi connectivity index (χ1n) is 6.77. The Morgan fingerprint density at radius 1 is 1.11 bits per heavy atom. The van der Waals surface area contributed by atoms with Gasteiger partial charge in [0.2, 0.25) is 5.90 Å². The topological polar surface area (TPSA) is 30.8 Å². The lowest BCUT2D eigenvalue weighted by molar-refractivity contribution is -0.0187. The van der Waals surface area contributed by atoms with Crippen LogP contribution in [0.3, 0.4) is 0 Å². The molecule has 0 aromatic rings. The summed E-state index contributed by atoms with van der Waals surface area (Å²) in [6, 6.07) is 0.227. The molecule has 18 heavy (non-hydrogen) atoms. The second-order valence-corrected chi connectivity index (χ2v) is 7.99. The minimum atomic E-state index is -0.437. The zero-order valence-electron chi connectivity index (χ0n) is 13.3. The third-order valence-corrected chi connectivity index (χ3v) is 3.03. The summed E-state index contributed by atoms with van der Waals surface area (Å²) in [7, 11) is 0. The Kier molecular flexibility index (Phi) is 4.16. The molecule has 0 unspecified atom stereocenters. The highest BCUT2D eigenvalue weighted by Gasteiger charge is 2.38. The van der Waals surface area contributed by atoms with Gasteiger partial charge in [-0.25, -0.2) is 4.99 Å². The van der Waals surface area contributed by atoms with Crippen molar-refractivity contribution in [2.24, 2.45) is 15.8 Å². The molecule has 3 nitrogen and oxygen atoms in total. The number of hydrogen-bond donors (Lipinski definition) is 0. The number of rotatable bonds is 3. The van der Waals surface area contributed by atoms with E-state index >= 15 is 0 Å². The predicted molar refractivity (Wildman–Crippen MR) is 76.1 cm³/mol. The third kappa shape index (κ3) is 4.27. The molecule has 0 fully saturated rings. The van der Waals surface area contributed by atoms with Crippen LogP contribution in [0.25, 0.3) is 0 Å². The van der Waals surface area contributed by atoms with Gasteiger partial charge in [0.1, 0.15) is 12.2 Å². The van der Waals surface area contributed by atoms with Crippen LogP contribution in [-0.2, 0) is 9.47 Å². The first-order valence-corrected chi connectivity index (χ1v) is 6.77. The van der Waals surface area contributed by atoms with Gasteiger partial charge < -0.3 is 9.47 Å². The van der Waals surface area contributed by atoms with Crippen LogP contribution in [0.2, 0.25) is 0 Å². The summed E-state index contributed by atoms with van der Waals surface area (Å²) in [4.78, 5) is 4.70. The Morgan fingerprint density at radius 3 is 2.06 bits per heavy atom. The molecule has 0 saturated heterocycles. The smallest absolute Gasteiger partial charge is 0.216 e. The fraction of sp³-hybridized carbons (Fsp3) is 0.933. The van der Waals surface area contributed by atoms with E-state index in [2.05, 4.69) is 41.5 Å². The first kappa shape index (κ1) is 15.5. The molecule has 1 rings (SSSR count). The molecular weight excluding hydrogens is 226 g/mol. The largest absolute Gasteiger partial charge is 0.477 e. The maximum Gasteiger partial charge on any atom is 0.216 e. The summed E-state index contributed by atoms with van der Waals surface area (Å²) in [5, 5.41) is 0. The highest BCUT2D eigenvalue weighted by atomic mass is 16.6. The molecule has 0 bridgehead atoms. The molecule has 0 saturated carbocycles. The van der Waals surface area contributed by atoms with Crippen molar-refractivity contribution in [2.75, 3.05) is 13.2 Å². The molecule has 3 heteroatoms. The fourth-order valence-corrected chi connectivity index (χ4v) is 1.61. The van der Waals surface area contributed by atoms with Crippen molar-refractivity contribution in [3.05, 3.63) is 0 Å². The van der Waals surface area contributed by atoms with Gasteiger partial charge >= 0.3 is 0 Å². The van der Waals surface area contributed by atoms with Crippen molar-refractivity contribution in [1.82, 2.24) is 0 Å². The molecule has 106 valence electrons. The van der Waals surface area contributed by atoms with Crippen LogP contribution >= 0.6 is 0 Å². The lowest BCUT2D eigenvalue weighted by atomic mass is 9.88. The van der Waals surface area contributed by atoms with Crippen molar-refractivity contribution in [3.8, 4) is 0 Å². The summed E-state index contributed by atoms with van der Waals surface area (Å²) in [5.41, 5.74) is -0.144. The molecular formula is C15H29NO2. The van der Waals surface area contributed by atoms with Crippen molar-refractivity contribution in [3.63, 3.8) is 0 Å². The average Bonchev–Trinajstić information content (AvgIpc) is 2.62. The highest BCUT2D eigenvalue weighted by molar-refractivity contribution is 5.85. The van der Waals surface area contributed by atoms with Gasteiger partial charge in [0, 0.05) is 0 Å². The zero-order chi connectivity index (χ0) is 14.2. The van der Waals surface area contributed by atoms with Crippen LogP contribution in [-0.4, -0.2) is 30.8 Å². The molecule has 0 amide bonds. The van der Waals surface area contributed by atoms with Gasteiger partial charge in [-0.2, -0.15) is 0 Å². The van der Waals surface area contributed by atoms with Crippen molar-refractivity contribution in [1.29, 1.82) is 0 Å². The van der Waals surface area contributed by atoms with E-state index in [9.17, 15) is 0 Å². The minimum Gasteiger partial charge on any atom is -0.477 e. The maximum absolute atomic E-state index is 5.98. The van der Waals surface area contributed by atoms with Gasteiger partial charge in [0.15, 0.2) is 0 Å². The van der Waals surface area contributed by atoms with E-state index in [-0.39, 0.29) is 16.9 Å². The van der Waals surface area contributed by atoms with Crippen LogP contribution in [0.1, 0.15) is 55.4 Å². The number of nitrogens with zero attached hydrogens (tertiary/aromatic N) is 1. The molecule has 0 spiro atoms. The number of hydrogen-bond acceptors (Lipinski definition) is 3. The second kappa shape index (κ2) is 4.84.